The number of nitrogens with one attached hydrogen (secondary N) is 1. The summed E-state index contributed by atoms with van der Waals surface area (Å²) < 4.78 is 6.46. The highest BCUT2D eigenvalue weighted by Gasteiger charge is 2.07. The minimum Gasteiger partial charge on any atom is -0.504 e. The lowest BCUT2D eigenvalue weighted by atomic mass is 10.2. The third kappa shape index (κ3) is 3.32. The molecule has 3 aromatic rings. The molecule has 122 valence electrons. The normalized spacial score (nSPS) is 11.0. The number of methoxy groups -OCH3 is 1. The third-order valence-electron chi connectivity index (χ3n) is 3.32. The number of aromatic nitrogens is 3. The molecular formula is C16H15N5O3. The highest BCUT2D eigenvalue weighted by molar-refractivity contribution is 5.84. The van der Waals surface area contributed by atoms with Gasteiger partial charge in [0, 0.05) is 0 Å². The maximum absolute atomic E-state index is 11.9. The van der Waals surface area contributed by atoms with E-state index in [1.165, 1.54) is 24.1 Å². The Kier molecular flexibility index (Phi) is 4.37. The monoisotopic (exact) mass is 325 g/mol. The number of para-hydroxylation sites is 1. The van der Waals surface area contributed by atoms with Crippen molar-refractivity contribution in [1.29, 1.82) is 0 Å². The first-order valence-electron chi connectivity index (χ1n) is 7.14. The van der Waals surface area contributed by atoms with Crippen molar-refractivity contribution in [3.05, 3.63) is 48.0 Å². The molecule has 0 atom stereocenters. The first-order valence-corrected chi connectivity index (χ1v) is 7.14. The van der Waals surface area contributed by atoms with Gasteiger partial charge in [0.25, 0.3) is 5.91 Å². The molecule has 24 heavy (non-hydrogen) atoms. The van der Waals surface area contributed by atoms with Gasteiger partial charge in [-0.25, -0.2) is 10.1 Å². The highest BCUT2D eigenvalue weighted by Crippen LogP contribution is 2.25. The van der Waals surface area contributed by atoms with Gasteiger partial charge in [-0.15, -0.1) is 5.10 Å². The van der Waals surface area contributed by atoms with Crippen LogP contribution in [0.15, 0.2) is 47.6 Å². The summed E-state index contributed by atoms with van der Waals surface area (Å²) in [6.45, 7) is 0.00567. The van der Waals surface area contributed by atoms with E-state index in [2.05, 4.69) is 20.8 Å². The Labute approximate surface area is 137 Å². The number of nitrogens with zero attached hydrogens (tertiary/aromatic N) is 4. The van der Waals surface area contributed by atoms with Crippen molar-refractivity contribution in [2.24, 2.45) is 5.10 Å². The number of fused-ring (bicyclic) bond motifs is 1. The molecule has 0 aliphatic rings. The second-order valence-corrected chi connectivity index (χ2v) is 4.96. The first-order chi connectivity index (χ1) is 11.7. The van der Waals surface area contributed by atoms with Crippen LogP contribution < -0.4 is 10.2 Å². The Hall–Kier alpha value is -3.42. The molecule has 2 aromatic carbocycles. The second-order valence-electron chi connectivity index (χ2n) is 4.96. The van der Waals surface area contributed by atoms with Gasteiger partial charge in [-0.05, 0) is 35.9 Å². The van der Waals surface area contributed by atoms with Gasteiger partial charge in [-0.2, -0.15) is 5.10 Å². The largest absolute Gasteiger partial charge is 0.504 e. The number of aromatic hydroxyl groups is 1. The molecule has 0 radical (unpaired) electrons. The molecule has 0 fully saturated rings. The van der Waals surface area contributed by atoms with Crippen LogP contribution in [0.4, 0.5) is 0 Å². The standard InChI is InChI=1S/C16H15N5O3/c1-24-15-7-6-11(8-14(15)22)9-17-19-16(23)10-21-13-5-3-2-4-12(13)18-20-21/h2-9,22H,10H2,1H3,(H,19,23)/b17-9-. The van der Waals surface area contributed by atoms with E-state index in [0.29, 0.717) is 11.3 Å². The number of phenols is 1. The number of carbonyl (C=O) groups excluding carboxylic acids is 1. The zero-order valence-electron chi connectivity index (χ0n) is 12.9. The fraction of sp³-hybridized carbons (Fsp3) is 0.125. The minimum absolute atomic E-state index is 0.00172. The highest BCUT2D eigenvalue weighted by atomic mass is 16.5. The van der Waals surface area contributed by atoms with Crippen LogP contribution in [0, 0.1) is 0 Å². The second kappa shape index (κ2) is 6.78. The van der Waals surface area contributed by atoms with Crippen molar-refractivity contribution in [2.75, 3.05) is 7.11 Å². The van der Waals surface area contributed by atoms with Crippen LogP contribution in [-0.2, 0) is 11.3 Å². The average molecular weight is 325 g/mol. The van der Waals surface area contributed by atoms with E-state index in [4.69, 9.17) is 4.74 Å². The lowest BCUT2D eigenvalue weighted by Gasteiger charge is -2.03. The van der Waals surface area contributed by atoms with Gasteiger partial charge in [0.2, 0.25) is 0 Å². The SMILES string of the molecule is COc1ccc(/C=N\NC(=O)Cn2nnc3ccccc32)cc1O. The van der Waals surface area contributed by atoms with Gasteiger partial charge < -0.3 is 9.84 Å². The molecule has 3 rings (SSSR count). The van der Waals surface area contributed by atoms with Crippen molar-refractivity contribution >= 4 is 23.2 Å². The number of phenolic OH excluding ortho intramolecular Hbond substituents is 1. The van der Waals surface area contributed by atoms with Crippen molar-refractivity contribution in [1.82, 2.24) is 20.4 Å². The summed E-state index contributed by atoms with van der Waals surface area (Å²) in [5.74, 6) is 0.0377. The van der Waals surface area contributed by atoms with E-state index in [1.807, 2.05) is 24.3 Å². The summed E-state index contributed by atoms with van der Waals surface area (Å²) in [6, 6.07) is 12.2. The van der Waals surface area contributed by atoms with Crippen LogP contribution in [0.5, 0.6) is 11.5 Å². The zero-order valence-corrected chi connectivity index (χ0v) is 12.9. The van der Waals surface area contributed by atoms with Crippen LogP contribution >= 0.6 is 0 Å². The molecule has 1 amide bonds. The Morgan fingerprint density at radius 2 is 2.21 bits per heavy atom. The number of carbonyl (C=O) groups is 1. The number of benzene rings is 2. The smallest absolute Gasteiger partial charge is 0.261 e. The molecule has 2 N–H and O–H groups in total. The third-order valence-corrected chi connectivity index (χ3v) is 3.32. The van der Waals surface area contributed by atoms with Crippen LogP contribution in [0.25, 0.3) is 11.0 Å². The summed E-state index contributed by atoms with van der Waals surface area (Å²) >= 11 is 0. The lowest BCUT2D eigenvalue weighted by Crippen LogP contribution is -2.23. The predicted octanol–water partition coefficient (Wildman–Crippen LogP) is 1.30. The molecule has 0 aliphatic carbocycles. The number of hydrogen-bond acceptors (Lipinski definition) is 6. The number of ether oxygens (including phenoxy) is 1. The van der Waals surface area contributed by atoms with Crippen molar-refractivity contribution in [3.8, 4) is 11.5 Å². The molecule has 1 heterocycles. The molecule has 8 heteroatoms. The summed E-state index contributed by atoms with van der Waals surface area (Å²) in [6.07, 6.45) is 1.43. The van der Waals surface area contributed by atoms with Gasteiger partial charge >= 0.3 is 0 Å². The summed E-state index contributed by atoms with van der Waals surface area (Å²) in [5, 5.41) is 21.5. The Balaban J connectivity index is 1.62. The molecule has 1 aromatic heterocycles. The molecule has 0 bridgehead atoms. The molecule has 0 aliphatic heterocycles. The maximum atomic E-state index is 11.9. The lowest BCUT2D eigenvalue weighted by molar-refractivity contribution is -0.121. The number of amides is 1. The van der Waals surface area contributed by atoms with Gasteiger partial charge in [0.15, 0.2) is 11.5 Å². The molecule has 0 saturated heterocycles. The minimum atomic E-state index is -0.334. The van der Waals surface area contributed by atoms with Crippen molar-refractivity contribution < 1.29 is 14.6 Å². The van der Waals surface area contributed by atoms with Crippen LogP contribution in [-0.4, -0.2) is 39.3 Å². The molecular weight excluding hydrogens is 310 g/mol. The average Bonchev–Trinajstić information content (AvgIpc) is 2.98. The van der Waals surface area contributed by atoms with Crippen LogP contribution in [0.1, 0.15) is 5.56 Å². The topological polar surface area (TPSA) is 102 Å². The molecule has 0 unspecified atom stereocenters. The van der Waals surface area contributed by atoms with E-state index >= 15 is 0 Å². The van der Waals surface area contributed by atoms with Gasteiger partial charge in [-0.1, -0.05) is 17.3 Å². The molecule has 0 spiro atoms. The van der Waals surface area contributed by atoms with E-state index in [-0.39, 0.29) is 18.2 Å². The van der Waals surface area contributed by atoms with Crippen LogP contribution in [0.2, 0.25) is 0 Å². The van der Waals surface area contributed by atoms with Gasteiger partial charge in [0.1, 0.15) is 12.1 Å². The van der Waals surface area contributed by atoms with E-state index < -0.39 is 0 Å². The van der Waals surface area contributed by atoms with Crippen molar-refractivity contribution in [2.45, 2.75) is 6.54 Å². The summed E-state index contributed by atoms with van der Waals surface area (Å²) in [5.41, 5.74) is 4.54. The van der Waals surface area contributed by atoms with Crippen LogP contribution in [0.3, 0.4) is 0 Å². The Morgan fingerprint density at radius 3 is 3.00 bits per heavy atom. The summed E-state index contributed by atoms with van der Waals surface area (Å²) in [7, 11) is 1.47. The Bertz CT molecular complexity index is 904. The predicted molar refractivity (Wildman–Crippen MR) is 87.9 cm³/mol. The maximum Gasteiger partial charge on any atom is 0.261 e. The quantitative estimate of drug-likeness (QED) is 0.544. The summed E-state index contributed by atoms with van der Waals surface area (Å²) in [4.78, 5) is 11.9. The molecule has 0 saturated carbocycles. The van der Waals surface area contributed by atoms with Gasteiger partial charge in [-0.3, -0.25) is 4.79 Å². The number of hydrazone groups is 1. The zero-order chi connectivity index (χ0) is 16.9. The van der Waals surface area contributed by atoms with E-state index in [1.54, 1.807) is 12.1 Å². The van der Waals surface area contributed by atoms with Gasteiger partial charge in [0.05, 0.1) is 18.8 Å². The fourth-order valence-electron chi connectivity index (χ4n) is 2.17. The first kappa shape index (κ1) is 15.5. The number of rotatable bonds is 5. The van der Waals surface area contributed by atoms with E-state index in [9.17, 15) is 9.90 Å². The van der Waals surface area contributed by atoms with E-state index in [0.717, 1.165) is 11.0 Å². The number of hydrogen-bond donors (Lipinski definition) is 2. The van der Waals surface area contributed by atoms with Crippen molar-refractivity contribution in [3.63, 3.8) is 0 Å². The fourth-order valence-corrected chi connectivity index (χ4v) is 2.17. The molecule has 8 nitrogen and oxygen atoms in total. The Morgan fingerprint density at radius 1 is 1.38 bits per heavy atom.